The van der Waals surface area contributed by atoms with Crippen LogP contribution in [0, 0.1) is 0 Å². The third kappa shape index (κ3) is 4.96. The molecule has 3 heterocycles. The van der Waals surface area contributed by atoms with Gasteiger partial charge in [0, 0.05) is 28.2 Å². The lowest BCUT2D eigenvalue weighted by Gasteiger charge is -2.18. The molecule has 6 heteroatoms. The van der Waals surface area contributed by atoms with Gasteiger partial charge in [-0.15, -0.1) is 0 Å². The van der Waals surface area contributed by atoms with Crippen LogP contribution in [-0.2, 0) is 13.1 Å². The van der Waals surface area contributed by atoms with Gasteiger partial charge >= 0.3 is 0 Å². The second-order valence-electron chi connectivity index (χ2n) is 6.99. The largest absolute Gasteiger partial charge is 1.00 e. The van der Waals surface area contributed by atoms with Gasteiger partial charge < -0.3 is 30.1 Å². The van der Waals surface area contributed by atoms with Crippen molar-refractivity contribution in [2.45, 2.75) is 22.9 Å². The fourth-order valence-corrected chi connectivity index (χ4v) is 4.45. The van der Waals surface area contributed by atoms with Crippen LogP contribution in [0.2, 0.25) is 0 Å². The Bertz CT molecular complexity index is 1030. The van der Waals surface area contributed by atoms with Gasteiger partial charge in [-0.2, -0.15) is 9.13 Å². The zero-order valence-corrected chi connectivity index (χ0v) is 18.5. The van der Waals surface area contributed by atoms with Crippen molar-refractivity contribution >= 4 is 23.1 Å². The number of benzene rings is 2. The third-order valence-electron chi connectivity index (χ3n) is 4.86. The number of hydrogen-bond acceptors (Lipinski definition) is 2. The first-order chi connectivity index (χ1) is 13.8. The average molecular weight is 454 g/mol. The van der Waals surface area contributed by atoms with Crippen LogP contribution in [0.5, 0.6) is 0 Å². The third-order valence-corrected chi connectivity index (χ3v) is 5.99. The number of hydrogen-bond donors (Lipinski definition) is 1. The van der Waals surface area contributed by atoms with Crippen LogP contribution in [0.1, 0.15) is 11.1 Å². The van der Waals surface area contributed by atoms with E-state index in [0.717, 1.165) is 18.8 Å². The summed E-state index contributed by atoms with van der Waals surface area (Å²) in [7, 11) is 0. The second kappa shape index (κ2) is 9.98. The van der Waals surface area contributed by atoms with Crippen LogP contribution in [0.25, 0.3) is 0 Å². The van der Waals surface area contributed by atoms with Gasteiger partial charge in [0.05, 0.1) is 10.6 Å². The van der Waals surface area contributed by atoms with Crippen molar-refractivity contribution in [1.82, 2.24) is 0 Å². The van der Waals surface area contributed by atoms with Crippen molar-refractivity contribution in [3.8, 4) is 0 Å². The number of pyridine rings is 2. The molecule has 0 fully saturated rings. The second-order valence-corrected chi connectivity index (χ2v) is 8.07. The molecule has 152 valence electrons. The monoisotopic (exact) mass is 453 g/mol. The highest BCUT2D eigenvalue weighted by Crippen LogP contribution is 2.42. The Kier molecular flexibility index (Phi) is 7.38. The lowest BCUT2D eigenvalue weighted by Crippen LogP contribution is -3.00. The van der Waals surface area contributed by atoms with Crippen molar-refractivity contribution in [1.29, 1.82) is 0 Å². The molecule has 0 bridgehead atoms. The maximum Gasteiger partial charge on any atom is 0.193 e. The molecule has 0 amide bonds. The van der Waals surface area contributed by atoms with E-state index in [2.05, 4.69) is 112 Å². The Labute approximate surface area is 193 Å². The summed E-state index contributed by atoms with van der Waals surface area (Å²) in [6.07, 6.45) is 8.73. The number of rotatable bonds is 4. The van der Waals surface area contributed by atoms with Crippen LogP contribution in [0.3, 0.4) is 0 Å². The van der Waals surface area contributed by atoms with E-state index in [1.807, 2.05) is 11.8 Å². The van der Waals surface area contributed by atoms with Crippen LogP contribution in [0.15, 0.2) is 107 Å². The Morgan fingerprint density at radius 1 is 0.600 bits per heavy atom. The van der Waals surface area contributed by atoms with Crippen LogP contribution < -0.4 is 39.3 Å². The number of nitrogens with one attached hydrogen (secondary N) is 1. The molecule has 2 aromatic carbocycles. The van der Waals surface area contributed by atoms with Crippen molar-refractivity contribution in [3.63, 3.8) is 0 Å². The quantitative estimate of drug-likeness (QED) is 0.337. The summed E-state index contributed by atoms with van der Waals surface area (Å²) in [5.74, 6) is 0. The van der Waals surface area contributed by atoms with E-state index in [9.17, 15) is 0 Å². The molecule has 1 N–H and O–H groups in total. The van der Waals surface area contributed by atoms with Gasteiger partial charge in [0.25, 0.3) is 0 Å². The molecule has 1 aliphatic heterocycles. The van der Waals surface area contributed by atoms with E-state index in [1.165, 1.54) is 26.6 Å². The molecule has 5 rings (SSSR count). The Morgan fingerprint density at radius 2 is 1.17 bits per heavy atom. The molecule has 2 aromatic heterocycles. The number of nitrogens with zero attached hydrogens (tertiary/aromatic N) is 2. The van der Waals surface area contributed by atoms with Crippen molar-refractivity contribution < 1.29 is 33.9 Å². The first-order valence-electron chi connectivity index (χ1n) is 9.42. The van der Waals surface area contributed by atoms with Crippen LogP contribution in [-0.4, -0.2) is 0 Å². The van der Waals surface area contributed by atoms with Gasteiger partial charge in [-0.05, 0) is 0 Å². The average Bonchev–Trinajstić information content (AvgIpc) is 2.74. The molecule has 1 aliphatic rings. The topological polar surface area (TPSA) is 19.8 Å². The zero-order chi connectivity index (χ0) is 18.8. The molecule has 0 saturated heterocycles. The van der Waals surface area contributed by atoms with Crippen molar-refractivity contribution in [3.05, 3.63) is 109 Å². The number of anilines is 2. The number of fused-ring (bicyclic) bond motifs is 2. The van der Waals surface area contributed by atoms with Gasteiger partial charge in [-0.1, -0.05) is 72.4 Å². The summed E-state index contributed by atoms with van der Waals surface area (Å²) in [6.45, 7) is 1.76. The molecule has 0 atom stereocenters. The molecular formula is C24H21Cl2N3S. The first-order valence-corrected chi connectivity index (χ1v) is 10.2. The van der Waals surface area contributed by atoms with E-state index < -0.39 is 0 Å². The zero-order valence-electron chi connectivity index (χ0n) is 16.2. The molecule has 0 aliphatic carbocycles. The predicted octanol–water partition coefficient (Wildman–Crippen LogP) is -1.43. The van der Waals surface area contributed by atoms with Crippen molar-refractivity contribution in [2.24, 2.45) is 0 Å². The van der Waals surface area contributed by atoms with Gasteiger partial charge in [0.15, 0.2) is 37.9 Å². The Morgan fingerprint density at radius 3 is 1.80 bits per heavy atom. The molecule has 0 unspecified atom stereocenters. The van der Waals surface area contributed by atoms with Gasteiger partial charge in [-0.25, -0.2) is 0 Å². The molecule has 3 nitrogen and oxygen atoms in total. The molecule has 0 spiro atoms. The number of aromatic nitrogens is 2. The highest BCUT2D eigenvalue weighted by Gasteiger charge is 2.21. The van der Waals surface area contributed by atoms with E-state index in [4.69, 9.17) is 0 Å². The van der Waals surface area contributed by atoms with Gasteiger partial charge in [-0.3, -0.25) is 0 Å². The minimum Gasteiger partial charge on any atom is -1.00 e. The SMILES string of the molecule is [Cl-].[Cl-].c1ccc(C[n+]2ccc3c(c2)Nc2cc[n+](Cc4ccccc4)cc2S3)cc1. The Balaban J connectivity index is 0.00000128. The molecular weight excluding hydrogens is 433 g/mol. The maximum absolute atomic E-state index is 3.60. The first kappa shape index (κ1) is 22.2. The minimum absolute atomic E-state index is 0. The lowest BCUT2D eigenvalue weighted by atomic mass is 10.2. The fourth-order valence-electron chi connectivity index (χ4n) is 3.46. The summed E-state index contributed by atoms with van der Waals surface area (Å²) in [5, 5.41) is 3.60. The van der Waals surface area contributed by atoms with Crippen LogP contribution in [0.4, 0.5) is 11.4 Å². The molecule has 0 radical (unpaired) electrons. The van der Waals surface area contributed by atoms with E-state index in [-0.39, 0.29) is 24.8 Å². The van der Waals surface area contributed by atoms with E-state index in [0.29, 0.717) is 0 Å². The van der Waals surface area contributed by atoms with Crippen molar-refractivity contribution in [2.75, 3.05) is 5.32 Å². The Hall–Kier alpha value is -2.53. The fraction of sp³-hybridized carbons (Fsp3) is 0.0833. The summed E-state index contributed by atoms with van der Waals surface area (Å²) in [5.41, 5.74) is 4.94. The van der Waals surface area contributed by atoms with Gasteiger partial charge in [0.2, 0.25) is 0 Å². The smallest absolute Gasteiger partial charge is 0.193 e. The summed E-state index contributed by atoms with van der Waals surface area (Å²) in [6, 6.07) is 25.5. The predicted molar refractivity (Wildman–Crippen MR) is 112 cm³/mol. The summed E-state index contributed by atoms with van der Waals surface area (Å²) >= 11 is 1.83. The van der Waals surface area contributed by atoms with Gasteiger partial charge in [0.1, 0.15) is 5.69 Å². The highest BCUT2D eigenvalue weighted by atomic mass is 35.5. The molecule has 30 heavy (non-hydrogen) atoms. The standard InChI is InChI=1S/C24H20N3S.2ClH/c1-3-7-19(8-4-1)15-26-14-12-23-22(17-26)25-21-11-13-27(18-24(21)28-23)16-20-9-5-2-6-10-20;;/h1-14,17-18H,15-16H2;2*1H/q+1;;/p-1. The summed E-state index contributed by atoms with van der Waals surface area (Å²) in [4.78, 5) is 2.51. The van der Waals surface area contributed by atoms with Crippen LogP contribution >= 0.6 is 11.8 Å². The normalized spacial score (nSPS) is 11.2. The number of halogens is 2. The van der Waals surface area contributed by atoms with E-state index >= 15 is 0 Å². The summed E-state index contributed by atoms with van der Waals surface area (Å²) < 4.78 is 4.47. The lowest BCUT2D eigenvalue weighted by molar-refractivity contribution is -0.690. The molecule has 4 aromatic rings. The molecule has 0 saturated carbocycles. The van der Waals surface area contributed by atoms with E-state index in [1.54, 1.807) is 0 Å². The highest BCUT2D eigenvalue weighted by molar-refractivity contribution is 7.99. The minimum atomic E-state index is 0. The maximum atomic E-state index is 3.60.